The van der Waals surface area contributed by atoms with Gasteiger partial charge in [-0.25, -0.2) is 14.8 Å². The fourth-order valence-corrected chi connectivity index (χ4v) is 4.56. The number of nitrogens with one attached hydrogen (secondary N) is 2. The van der Waals surface area contributed by atoms with Crippen molar-refractivity contribution in [1.29, 1.82) is 0 Å². The minimum absolute atomic E-state index is 0.0315. The molecule has 0 aromatic carbocycles. The van der Waals surface area contributed by atoms with Crippen LogP contribution >= 0.6 is 22.7 Å². The first-order chi connectivity index (χ1) is 14.2. The van der Waals surface area contributed by atoms with E-state index in [1.165, 1.54) is 22.7 Å². The lowest BCUT2D eigenvalue weighted by atomic mass is 10.0. The van der Waals surface area contributed by atoms with Gasteiger partial charge in [-0.2, -0.15) is 0 Å². The fourth-order valence-electron chi connectivity index (χ4n) is 2.63. The Morgan fingerprint density at radius 3 is 2.53 bits per heavy atom. The van der Waals surface area contributed by atoms with Gasteiger partial charge in [0.1, 0.15) is 15.7 Å². The van der Waals surface area contributed by atoms with Crippen molar-refractivity contribution in [1.82, 2.24) is 20.6 Å². The maximum atomic E-state index is 12.9. The third-order valence-electron chi connectivity index (χ3n) is 4.26. The number of rotatable bonds is 9. The van der Waals surface area contributed by atoms with Gasteiger partial charge in [0, 0.05) is 23.7 Å². The van der Waals surface area contributed by atoms with Gasteiger partial charge in [0.15, 0.2) is 5.69 Å². The number of esters is 1. The largest absolute Gasteiger partial charge is 0.461 e. The molecular formula is C19H27N5O4S2. The maximum Gasteiger partial charge on any atom is 0.357 e. The van der Waals surface area contributed by atoms with E-state index in [1.807, 2.05) is 13.8 Å². The molecule has 0 saturated heterocycles. The number of nitrogens with zero attached hydrogens (tertiary/aromatic N) is 2. The van der Waals surface area contributed by atoms with Gasteiger partial charge in [0.2, 0.25) is 5.91 Å². The first-order valence-electron chi connectivity index (χ1n) is 9.54. The van der Waals surface area contributed by atoms with Gasteiger partial charge in [-0.3, -0.25) is 9.59 Å². The van der Waals surface area contributed by atoms with E-state index < -0.39 is 18.1 Å². The normalized spacial score (nSPS) is 13.0. The molecule has 2 atom stereocenters. The molecule has 4 N–H and O–H groups in total. The first kappa shape index (κ1) is 23.9. The van der Waals surface area contributed by atoms with Crippen molar-refractivity contribution in [3.8, 4) is 0 Å². The van der Waals surface area contributed by atoms with Crippen molar-refractivity contribution in [3.63, 3.8) is 0 Å². The van der Waals surface area contributed by atoms with Gasteiger partial charge in [-0.15, -0.1) is 22.7 Å². The molecule has 0 unspecified atom stereocenters. The lowest BCUT2D eigenvalue weighted by Gasteiger charge is -2.19. The Morgan fingerprint density at radius 2 is 1.93 bits per heavy atom. The highest BCUT2D eigenvalue weighted by Gasteiger charge is 2.27. The van der Waals surface area contributed by atoms with Crippen LogP contribution in [-0.2, 0) is 9.53 Å². The molecule has 164 valence electrons. The zero-order chi connectivity index (χ0) is 22.4. The molecule has 0 radical (unpaired) electrons. The number of aromatic nitrogens is 2. The topological polar surface area (TPSA) is 136 Å². The average Bonchev–Trinajstić information content (AvgIpc) is 3.32. The molecule has 0 aliphatic carbocycles. The minimum atomic E-state index is -0.581. The summed E-state index contributed by atoms with van der Waals surface area (Å²) in [6.45, 7) is 7.69. The number of carbonyl (C=O) groups is 3. The molecule has 2 heterocycles. The minimum Gasteiger partial charge on any atom is -0.461 e. The van der Waals surface area contributed by atoms with Gasteiger partial charge in [0.25, 0.3) is 5.91 Å². The molecule has 2 aromatic heterocycles. The Labute approximate surface area is 183 Å². The van der Waals surface area contributed by atoms with Crippen molar-refractivity contribution in [2.75, 3.05) is 13.7 Å². The van der Waals surface area contributed by atoms with E-state index in [2.05, 4.69) is 20.6 Å². The van der Waals surface area contributed by atoms with Crippen LogP contribution in [0.1, 0.15) is 75.1 Å². The van der Waals surface area contributed by atoms with Crippen molar-refractivity contribution < 1.29 is 19.1 Å². The van der Waals surface area contributed by atoms with E-state index in [4.69, 9.17) is 10.5 Å². The molecule has 0 saturated carbocycles. The number of hydrogen-bond acceptors (Lipinski definition) is 9. The van der Waals surface area contributed by atoms with Gasteiger partial charge in [-0.1, -0.05) is 13.8 Å². The third kappa shape index (κ3) is 5.83. The van der Waals surface area contributed by atoms with Crippen LogP contribution in [-0.4, -0.2) is 41.4 Å². The van der Waals surface area contributed by atoms with Gasteiger partial charge < -0.3 is 21.1 Å². The lowest BCUT2D eigenvalue weighted by Crippen LogP contribution is -2.32. The van der Waals surface area contributed by atoms with E-state index in [0.717, 1.165) is 0 Å². The van der Waals surface area contributed by atoms with Gasteiger partial charge in [0.05, 0.1) is 18.7 Å². The van der Waals surface area contributed by atoms with Crippen LogP contribution < -0.4 is 16.4 Å². The third-order valence-corrected chi connectivity index (χ3v) is 6.29. The van der Waals surface area contributed by atoms with Crippen molar-refractivity contribution >= 4 is 40.5 Å². The van der Waals surface area contributed by atoms with Crippen LogP contribution in [0.4, 0.5) is 0 Å². The molecule has 11 heteroatoms. The zero-order valence-corrected chi connectivity index (χ0v) is 19.3. The summed E-state index contributed by atoms with van der Waals surface area (Å²) in [4.78, 5) is 45.8. The number of amides is 2. The van der Waals surface area contributed by atoms with Crippen LogP contribution in [0.5, 0.6) is 0 Å². The van der Waals surface area contributed by atoms with Crippen LogP contribution in [0.25, 0.3) is 0 Å². The summed E-state index contributed by atoms with van der Waals surface area (Å²) in [5, 5.41) is 8.25. The highest BCUT2D eigenvalue weighted by Crippen LogP contribution is 2.28. The Bertz CT molecular complexity index is 909. The predicted molar refractivity (Wildman–Crippen MR) is 116 cm³/mol. The summed E-state index contributed by atoms with van der Waals surface area (Å²) in [6, 6.07) is -0.975. The Hall–Kier alpha value is -2.37. The lowest BCUT2D eigenvalue weighted by molar-refractivity contribution is -0.120. The Kier molecular flexibility index (Phi) is 8.44. The van der Waals surface area contributed by atoms with Crippen LogP contribution in [0.15, 0.2) is 5.38 Å². The monoisotopic (exact) mass is 453 g/mol. The number of carbonyl (C=O) groups excluding carboxylic acids is 3. The number of aryl methyl sites for hydroxylation is 1. The van der Waals surface area contributed by atoms with Crippen molar-refractivity contribution in [3.05, 3.63) is 31.7 Å². The van der Waals surface area contributed by atoms with Crippen LogP contribution in [0.2, 0.25) is 0 Å². The molecule has 2 amide bonds. The number of ether oxygens (including phenoxy) is 1. The summed E-state index contributed by atoms with van der Waals surface area (Å²) < 4.78 is 4.98. The second kappa shape index (κ2) is 10.6. The Balaban J connectivity index is 2.18. The molecule has 9 nitrogen and oxygen atoms in total. The molecule has 2 aromatic rings. The van der Waals surface area contributed by atoms with Crippen LogP contribution in [0, 0.1) is 12.8 Å². The summed E-state index contributed by atoms with van der Waals surface area (Å²) >= 11 is 2.59. The second-order valence-electron chi connectivity index (χ2n) is 6.93. The fraction of sp³-hybridized carbons (Fsp3) is 0.526. The quantitative estimate of drug-likeness (QED) is 0.496. The summed E-state index contributed by atoms with van der Waals surface area (Å²) in [6.07, 6.45) is 0.0921. The average molecular weight is 454 g/mol. The smallest absolute Gasteiger partial charge is 0.357 e. The number of hydrogen-bond donors (Lipinski definition) is 3. The summed E-state index contributed by atoms with van der Waals surface area (Å²) in [7, 11) is 1.54. The van der Waals surface area contributed by atoms with E-state index >= 15 is 0 Å². The Morgan fingerprint density at radius 1 is 1.23 bits per heavy atom. The predicted octanol–water partition coefficient (Wildman–Crippen LogP) is 2.35. The molecular weight excluding hydrogens is 426 g/mol. The SMILES string of the molecule is CCOC(=O)c1csc([C@@H](NC(=O)c2nc([C@@H](N)CC(=O)NC)sc2C)C(C)C)n1. The van der Waals surface area contributed by atoms with E-state index in [0.29, 0.717) is 14.9 Å². The van der Waals surface area contributed by atoms with Crippen molar-refractivity contribution in [2.24, 2.45) is 11.7 Å². The molecule has 0 aliphatic rings. The standard InChI is InChI=1S/C19H27N5O4S2/c1-6-28-19(27)12-8-29-18(22-12)14(9(2)3)23-16(26)15-10(4)30-17(24-15)11(20)7-13(25)21-5/h8-9,11,14H,6-7,20H2,1-5H3,(H,21,25)(H,23,26)/t11-,14-/m0/s1. The van der Waals surface area contributed by atoms with Crippen molar-refractivity contribution in [2.45, 2.75) is 46.2 Å². The zero-order valence-electron chi connectivity index (χ0n) is 17.6. The van der Waals surface area contributed by atoms with E-state index in [-0.39, 0.29) is 42.1 Å². The molecule has 2 rings (SSSR count). The maximum absolute atomic E-state index is 12.9. The van der Waals surface area contributed by atoms with E-state index in [9.17, 15) is 14.4 Å². The van der Waals surface area contributed by atoms with Gasteiger partial charge >= 0.3 is 5.97 Å². The molecule has 0 bridgehead atoms. The van der Waals surface area contributed by atoms with Gasteiger partial charge in [-0.05, 0) is 19.8 Å². The highest BCUT2D eigenvalue weighted by atomic mass is 32.1. The highest BCUT2D eigenvalue weighted by molar-refractivity contribution is 7.12. The molecule has 0 aliphatic heterocycles. The molecule has 30 heavy (non-hydrogen) atoms. The van der Waals surface area contributed by atoms with E-state index in [1.54, 1.807) is 26.3 Å². The first-order valence-corrected chi connectivity index (χ1v) is 11.2. The number of thiazole rings is 2. The summed E-state index contributed by atoms with van der Waals surface area (Å²) in [5.74, 6) is -1.00. The number of nitrogens with two attached hydrogens (primary N) is 1. The second-order valence-corrected chi connectivity index (χ2v) is 9.05. The molecule has 0 fully saturated rings. The summed E-state index contributed by atoms with van der Waals surface area (Å²) in [5.41, 5.74) is 6.55. The van der Waals surface area contributed by atoms with Crippen LogP contribution in [0.3, 0.4) is 0 Å². The molecule has 0 spiro atoms.